The topological polar surface area (TPSA) is 151 Å². The lowest BCUT2D eigenvalue weighted by molar-refractivity contribution is -0.00873. The molecule has 254 valence electrons. The van der Waals surface area contributed by atoms with Crippen LogP contribution in [0.3, 0.4) is 0 Å². The van der Waals surface area contributed by atoms with Gasteiger partial charge in [0.05, 0.1) is 12.2 Å². The number of likely N-dealkylation sites (tertiary alicyclic amines) is 1. The third-order valence-corrected chi connectivity index (χ3v) is 9.99. The summed E-state index contributed by atoms with van der Waals surface area (Å²) in [6, 6.07) is 10.9. The molecule has 1 unspecified atom stereocenters. The van der Waals surface area contributed by atoms with Crippen molar-refractivity contribution in [1.29, 1.82) is 10.8 Å². The fourth-order valence-corrected chi connectivity index (χ4v) is 6.83. The number of piperidine rings is 1. The van der Waals surface area contributed by atoms with Crippen molar-refractivity contribution in [2.24, 2.45) is 16.1 Å². The van der Waals surface area contributed by atoms with Crippen LogP contribution in [-0.4, -0.2) is 96.5 Å². The summed E-state index contributed by atoms with van der Waals surface area (Å²) in [5, 5.41) is 23.6. The van der Waals surface area contributed by atoms with Gasteiger partial charge in [-0.3, -0.25) is 30.6 Å². The molecule has 2 atom stereocenters. The van der Waals surface area contributed by atoms with E-state index in [4.69, 9.17) is 21.3 Å². The predicted octanol–water partition coefficient (Wildman–Crippen LogP) is 3.63. The van der Waals surface area contributed by atoms with E-state index < -0.39 is 0 Å². The Hall–Kier alpha value is -4.16. The van der Waals surface area contributed by atoms with Gasteiger partial charge in [-0.05, 0) is 69.1 Å². The zero-order valence-electron chi connectivity index (χ0n) is 28.8. The lowest BCUT2D eigenvalue weighted by Gasteiger charge is -2.52. The molecule has 6 N–H and O–H groups in total. The number of aromatic nitrogens is 1. The molecule has 1 aliphatic carbocycles. The summed E-state index contributed by atoms with van der Waals surface area (Å²) in [6.07, 6.45) is 6.56. The number of nitrogens with zero attached hydrogens (tertiary/aromatic N) is 5. The van der Waals surface area contributed by atoms with Crippen molar-refractivity contribution in [1.82, 2.24) is 29.9 Å². The van der Waals surface area contributed by atoms with Crippen molar-refractivity contribution in [2.45, 2.75) is 64.1 Å². The SMILES string of the molecule is CN=C(C=C(N)C(C)(C)C)NC(=O)NC1CC[C@@H](Oc2ccc(=N)n(C(=N)N3CCC4(CC3)CN(C)CCN4C)c2)c2ccccc21. The Labute approximate surface area is 278 Å². The molecule has 0 radical (unpaired) electrons. The van der Waals surface area contributed by atoms with E-state index in [0.717, 1.165) is 56.7 Å². The minimum Gasteiger partial charge on any atom is -0.484 e. The van der Waals surface area contributed by atoms with Crippen molar-refractivity contribution in [2.75, 3.05) is 53.9 Å². The quantitative estimate of drug-likeness (QED) is 0.253. The summed E-state index contributed by atoms with van der Waals surface area (Å²) in [6.45, 7) is 10.8. The highest BCUT2D eigenvalue weighted by molar-refractivity contribution is 6.04. The summed E-state index contributed by atoms with van der Waals surface area (Å²) < 4.78 is 8.15. The van der Waals surface area contributed by atoms with E-state index in [1.807, 2.05) is 45.0 Å². The van der Waals surface area contributed by atoms with E-state index >= 15 is 0 Å². The molecule has 2 saturated heterocycles. The number of benzene rings is 1. The number of allylic oxidation sites excluding steroid dienone is 1. The summed E-state index contributed by atoms with van der Waals surface area (Å²) >= 11 is 0. The van der Waals surface area contributed by atoms with E-state index in [1.54, 1.807) is 36.0 Å². The third kappa shape index (κ3) is 7.70. The van der Waals surface area contributed by atoms with Gasteiger partial charge in [0.2, 0.25) is 5.96 Å². The van der Waals surface area contributed by atoms with Gasteiger partial charge in [0.25, 0.3) is 0 Å². The molecule has 12 nitrogen and oxygen atoms in total. The molecule has 12 heteroatoms. The van der Waals surface area contributed by atoms with Crippen LogP contribution in [0.2, 0.25) is 0 Å². The lowest BCUT2D eigenvalue weighted by atomic mass is 9.84. The summed E-state index contributed by atoms with van der Waals surface area (Å²) in [7, 11) is 6.04. The Balaban J connectivity index is 1.25. The number of rotatable bonds is 4. The Morgan fingerprint density at radius 1 is 1.06 bits per heavy atom. The van der Waals surface area contributed by atoms with E-state index in [-0.39, 0.29) is 34.6 Å². The number of carbonyl (C=O) groups is 1. The predicted molar refractivity (Wildman–Crippen MR) is 186 cm³/mol. The second-order valence-electron chi connectivity index (χ2n) is 14.2. The second kappa shape index (κ2) is 13.9. The number of fused-ring (bicyclic) bond motifs is 1. The highest BCUT2D eigenvalue weighted by Gasteiger charge is 2.42. The zero-order chi connectivity index (χ0) is 33.9. The molecule has 3 heterocycles. The number of amidine groups is 1. The first-order valence-corrected chi connectivity index (χ1v) is 16.6. The minimum atomic E-state index is -0.348. The Morgan fingerprint density at radius 3 is 2.45 bits per heavy atom. The maximum Gasteiger partial charge on any atom is 0.320 e. The maximum absolute atomic E-state index is 13.0. The number of amides is 2. The van der Waals surface area contributed by atoms with Crippen molar-refractivity contribution >= 4 is 17.8 Å². The van der Waals surface area contributed by atoms with E-state index in [1.165, 1.54) is 0 Å². The normalized spacial score (nSPS) is 22.5. The van der Waals surface area contributed by atoms with E-state index in [2.05, 4.69) is 44.4 Å². The molecule has 1 aromatic heterocycles. The van der Waals surface area contributed by atoms with Crippen LogP contribution in [0.25, 0.3) is 0 Å². The van der Waals surface area contributed by atoms with Crippen molar-refractivity contribution in [3.8, 4) is 5.75 Å². The van der Waals surface area contributed by atoms with Gasteiger partial charge in [-0.25, -0.2) is 4.79 Å². The maximum atomic E-state index is 13.0. The van der Waals surface area contributed by atoms with Gasteiger partial charge in [0.15, 0.2) is 0 Å². The Morgan fingerprint density at radius 2 is 1.77 bits per heavy atom. The monoisotopic (exact) mass is 644 g/mol. The first kappa shape index (κ1) is 34.2. The molecular formula is C35H52N10O2. The van der Waals surface area contributed by atoms with Crippen LogP contribution in [0.1, 0.15) is 69.7 Å². The summed E-state index contributed by atoms with van der Waals surface area (Å²) in [4.78, 5) is 24.2. The van der Waals surface area contributed by atoms with Gasteiger partial charge in [-0.15, -0.1) is 0 Å². The van der Waals surface area contributed by atoms with Crippen LogP contribution in [0, 0.1) is 16.2 Å². The average molecular weight is 645 g/mol. The Bertz CT molecular complexity index is 1580. The number of piperazine rings is 1. The van der Waals surface area contributed by atoms with Crippen LogP contribution in [0.5, 0.6) is 5.75 Å². The van der Waals surface area contributed by atoms with Gasteiger partial charge in [-0.1, -0.05) is 45.0 Å². The number of hydrogen-bond donors (Lipinski definition) is 5. The van der Waals surface area contributed by atoms with Crippen LogP contribution in [0.15, 0.2) is 59.4 Å². The fraction of sp³-hybridized carbons (Fsp3) is 0.543. The molecule has 0 bridgehead atoms. The Kier molecular flexibility index (Phi) is 10.1. The summed E-state index contributed by atoms with van der Waals surface area (Å²) in [5.41, 5.74) is 8.97. The second-order valence-corrected chi connectivity index (χ2v) is 14.2. The molecule has 47 heavy (non-hydrogen) atoms. The number of nitrogens with two attached hydrogens (primary N) is 1. The third-order valence-electron chi connectivity index (χ3n) is 9.99. The minimum absolute atomic E-state index is 0.147. The number of nitrogens with one attached hydrogen (secondary N) is 4. The molecule has 2 amide bonds. The lowest BCUT2D eigenvalue weighted by Crippen LogP contribution is -2.64. The number of urea groups is 1. The molecule has 2 aliphatic heterocycles. The number of aliphatic imine (C=N–C) groups is 1. The highest BCUT2D eigenvalue weighted by atomic mass is 16.5. The summed E-state index contributed by atoms with van der Waals surface area (Å²) in [5.74, 6) is 1.30. The van der Waals surface area contributed by atoms with Crippen molar-refractivity contribution in [3.05, 3.63) is 71.0 Å². The van der Waals surface area contributed by atoms with Crippen LogP contribution < -0.4 is 26.6 Å². The first-order chi connectivity index (χ1) is 22.3. The van der Waals surface area contributed by atoms with Gasteiger partial charge in [-0.2, -0.15) is 0 Å². The molecule has 5 rings (SSSR count). The number of likely N-dealkylation sites (N-methyl/N-ethyl adjacent to an activating group) is 2. The molecule has 2 aromatic rings. The van der Waals surface area contributed by atoms with Crippen LogP contribution >= 0.6 is 0 Å². The zero-order valence-corrected chi connectivity index (χ0v) is 28.8. The smallest absolute Gasteiger partial charge is 0.320 e. The van der Waals surface area contributed by atoms with Crippen LogP contribution in [0.4, 0.5) is 4.79 Å². The average Bonchev–Trinajstić information content (AvgIpc) is 3.04. The number of carbonyl (C=O) groups excluding carboxylic acids is 1. The molecule has 0 saturated carbocycles. The highest BCUT2D eigenvalue weighted by Crippen LogP contribution is 2.38. The van der Waals surface area contributed by atoms with Gasteiger partial charge < -0.3 is 25.6 Å². The molecule has 1 spiro atoms. The van der Waals surface area contributed by atoms with Gasteiger partial charge >= 0.3 is 6.03 Å². The van der Waals surface area contributed by atoms with Crippen molar-refractivity contribution < 1.29 is 9.53 Å². The largest absolute Gasteiger partial charge is 0.484 e. The van der Waals surface area contributed by atoms with Crippen LogP contribution in [-0.2, 0) is 0 Å². The number of hydrogen-bond acceptors (Lipinski definition) is 8. The molecule has 1 aromatic carbocycles. The van der Waals surface area contributed by atoms with Gasteiger partial charge in [0.1, 0.15) is 23.2 Å². The van der Waals surface area contributed by atoms with E-state index in [0.29, 0.717) is 36.1 Å². The number of ether oxygens (including phenoxy) is 1. The first-order valence-electron chi connectivity index (χ1n) is 16.6. The fourth-order valence-electron chi connectivity index (χ4n) is 6.83. The molecule has 3 aliphatic rings. The van der Waals surface area contributed by atoms with Gasteiger partial charge in [0, 0.05) is 56.4 Å². The standard InChI is InChI=1S/C35H52N10O2/c1-34(2,3)29(36)21-31(39-4)41-33(46)40-27-12-13-28(26-10-8-7-9-25(26)27)47-24-11-14-30(37)45(22-24)32(38)44-17-15-35(16-18-44)23-42(5)19-20-43(35)6/h7-11,14,21-22,27-28,37-38H,12-13,15-20,23,36H2,1-6H3,(H2,39,40,41,46)/t27?,28-/m1/s1. The molecule has 2 fully saturated rings. The van der Waals surface area contributed by atoms with E-state index in [9.17, 15) is 4.79 Å². The molecular weight excluding hydrogens is 592 g/mol. The number of pyridine rings is 1. The van der Waals surface area contributed by atoms with Crippen molar-refractivity contribution in [3.63, 3.8) is 0 Å².